The van der Waals surface area contributed by atoms with Gasteiger partial charge >= 0.3 is 0 Å². The van der Waals surface area contributed by atoms with Crippen LogP contribution in [0.25, 0.3) is 0 Å². The average Bonchev–Trinajstić information content (AvgIpc) is 2.32. The van der Waals surface area contributed by atoms with Crippen molar-refractivity contribution < 1.29 is 9.47 Å². The molecule has 0 bridgehead atoms. The van der Waals surface area contributed by atoms with Gasteiger partial charge in [-0.2, -0.15) is 0 Å². The van der Waals surface area contributed by atoms with Crippen LogP contribution >= 0.6 is 0 Å². The Morgan fingerprint density at radius 1 is 1.22 bits per heavy atom. The Balaban J connectivity index is 1.99. The molecule has 1 fully saturated rings. The minimum atomic E-state index is 0.0561. The van der Waals surface area contributed by atoms with Crippen molar-refractivity contribution in [3.63, 3.8) is 0 Å². The number of hydrogen-bond acceptors (Lipinski definition) is 5. The van der Waals surface area contributed by atoms with Gasteiger partial charge in [0.2, 0.25) is 11.8 Å². The molecule has 0 radical (unpaired) electrons. The number of aromatic nitrogens is 2. The van der Waals surface area contributed by atoms with Crippen LogP contribution in [0, 0.1) is 0 Å². The van der Waals surface area contributed by atoms with Gasteiger partial charge in [-0.25, -0.2) is 9.97 Å². The third-order valence-electron chi connectivity index (χ3n) is 3.00. The molecule has 1 aliphatic rings. The summed E-state index contributed by atoms with van der Waals surface area (Å²) in [5.41, 5.74) is 6.05. The zero-order valence-corrected chi connectivity index (χ0v) is 11.0. The normalized spacial score (nSPS) is 24.0. The summed E-state index contributed by atoms with van der Waals surface area (Å²) in [6, 6.07) is 1.82. The zero-order valence-electron chi connectivity index (χ0n) is 11.0. The van der Waals surface area contributed by atoms with Crippen molar-refractivity contribution in [2.75, 3.05) is 0 Å². The number of nitrogens with zero attached hydrogens (tertiary/aromatic N) is 2. The van der Waals surface area contributed by atoms with Crippen molar-refractivity contribution in [2.24, 2.45) is 5.73 Å². The predicted octanol–water partition coefficient (Wildman–Crippen LogP) is 1.91. The van der Waals surface area contributed by atoms with Crippen LogP contribution < -0.4 is 15.2 Å². The minimum absolute atomic E-state index is 0.0561. The van der Waals surface area contributed by atoms with Crippen molar-refractivity contribution in [1.82, 2.24) is 9.97 Å². The molecule has 1 heterocycles. The highest BCUT2D eigenvalue weighted by Gasteiger charge is 2.23. The van der Waals surface area contributed by atoms with Gasteiger partial charge in [0.15, 0.2) is 0 Å². The van der Waals surface area contributed by atoms with Gasteiger partial charge in [-0.05, 0) is 33.1 Å². The Morgan fingerprint density at radius 3 is 2.67 bits per heavy atom. The van der Waals surface area contributed by atoms with Gasteiger partial charge in [0.05, 0.1) is 12.2 Å². The van der Waals surface area contributed by atoms with Crippen LogP contribution in [-0.4, -0.2) is 28.2 Å². The fraction of sp³-hybridized carbons (Fsp3) is 0.692. The van der Waals surface area contributed by atoms with E-state index in [0.29, 0.717) is 11.8 Å². The lowest BCUT2D eigenvalue weighted by Gasteiger charge is -2.28. The Bertz CT molecular complexity index is 384. The van der Waals surface area contributed by atoms with Gasteiger partial charge in [0, 0.05) is 6.04 Å². The topological polar surface area (TPSA) is 70.3 Å². The molecule has 2 rings (SSSR count). The lowest BCUT2D eigenvalue weighted by Crippen LogP contribution is -2.41. The van der Waals surface area contributed by atoms with Crippen LogP contribution in [0.2, 0.25) is 0 Å². The highest BCUT2D eigenvalue weighted by atomic mass is 16.5. The van der Waals surface area contributed by atoms with Gasteiger partial charge in [-0.1, -0.05) is 6.42 Å². The van der Waals surface area contributed by atoms with Crippen molar-refractivity contribution in [3.8, 4) is 11.8 Å². The van der Waals surface area contributed by atoms with Crippen LogP contribution in [0.4, 0.5) is 0 Å². The summed E-state index contributed by atoms with van der Waals surface area (Å²) in [4.78, 5) is 8.15. The summed E-state index contributed by atoms with van der Waals surface area (Å²) in [6.07, 6.45) is 5.97. The number of hydrogen-bond donors (Lipinski definition) is 1. The second-order valence-corrected chi connectivity index (χ2v) is 4.97. The molecule has 1 aromatic rings. The van der Waals surface area contributed by atoms with Crippen molar-refractivity contribution in [2.45, 2.75) is 57.8 Å². The van der Waals surface area contributed by atoms with Crippen LogP contribution in [0.5, 0.6) is 11.8 Å². The first-order chi connectivity index (χ1) is 8.65. The maximum atomic E-state index is 6.05. The fourth-order valence-electron chi connectivity index (χ4n) is 2.12. The molecule has 100 valence electrons. The van der Waals surface area contributed by atoms with Gasteiger partial charge in [0.25, 0.3) is 0 Å². The monoisotopic (exact) mass is 251 g/mol. The van der Waals surface area contributed by atoms with E-state index in [1.54, 1.807) is 6.07 Å². The molecule has 0 saturated heterocycles. The van der Waals surface area contributed by atoms with Crippen LogP contribution in [0.15, 0.2) is 12.4 Å². The molecule has 0 amide bonds. The van der Waals surface area contributed by atoms with E-state index in [9.17, 15) is 0 Å². The van der Waals surface area contributed by atoms with Gasteiger partial charge in [-0.3, -0.25) is 0 Å². The highest BCUT2D eigenvalue weighted by molar-refractivity contribution is 5.18. The summed E-state index contributed by atoms with van der Waals surface area (Å²) < 4.78 is 11.3. The Kier molecular flexibility index (Phi) is 4.36. The van der Waals surface area contributed by atoms with Crippen molar-refractivity contribution in [3.05, 3.63) is 12.4 Å². The second kappa shape index (κ2) is 6.00. The van der Waals surface area contributed by atoms with Crippen LogP contribution in [0.3, 0.4) is 0 Å². The van der Waals surface area contributed by atoms with Gasteiger partial charge < -0.3 is 15.2 Å². The van der Waals surface area contributed by atoms with Gasteiger partial charge in [0.1, 0.15) is 12.4 Å². The SMILES string of the molecule is CC(C)Oc1cc(OC2CCCCC2N)ncn1. The molecule has 1 saturated carbocycles. The second-order valence-electron chi connectivity index (χ2n) is 4.97. The number of rotatable bonds is 4. The Hall–Kier alpha value is -1.36. The minimum Gasteiger partial charge on any atom is -0.475 e. The number of nitrogens with two attached hydrogens (primary N) is 1. The van der Waals surface area contributed by atoms with E-state index in [1.165, 1.54) is 19.2 Å². The molecule has 0 aliphatic heterocycles. The van der Waals surface area contributed by atoms with Crippen molar-refractivity contribution in [1.29, 1.82) is 0 Å². The standard InChI is InChI=1S/C13H21N3O2/c1-9(2)17-12-7-13(16-8-15-12)18-11-6-4-3-5-10(11)14/h7-11H,3-6,14H2,1-2H3. The molecule has 2 atom stereocenters. The van der Waals surface area contributed by atoms with E-state index >= 15 is 0 Å². The molecule has 18 heavy (non-hydrogen) atoms. The molecular weight excluding hydrogens is 230 g/mol. The van der Waals surface area contributed by atoms with E-state index in [4.69, 9.17) is 15.2 Å². The Labute approximate surface area is 108 Å². The van der Waals surface area contributed by atoms with E-state index in [1.807, 2.05) is 13.8 Å². The van der Waals surface area contributed by atoms with E-state index in [0.717, 1.165) is 12.8 Å². The molecule has 2 unspecified atom stereocenters. The molecule has 5 nitrogen and oxygen atoms in total. The maximum Gasteiger partial charge on any atom is 0.220 e. The maximum absolute atomic E-state index is 6.05. The van der Waals surface area contributed by atoms with Crippen LogP contribution in [0.1, 0.15) is 39.5 Å². The predicted molar refractivity (Wildman–Crippen MR) is 68.7 cm³/mol. The largest absolute Gasteiger partial charge is 0.475 e. The van der Waals surface area contributed by atoms with E-state index in [2.05, 4.69) is 9.97 Å². The number of ether oxygens (including phenoxy) is 2. The van der Waals surface area contributed by atoms with E-state index < -0.39 is 0 Å². The first-order valence-electron chi connectivity index (χ1n) is 6.56. The molecule has 1 aromatic heterocycles. The summed E-state index contributed by atoms with van der Waals surface area (Å²) in [7, 11) is 0. The third kappa shape index (κ3) is 3.57. The fourth-order valence-corrected chi connectivity index (χ4v) is 2.12. The molecular formula is C13H21N3O2. The zero-order chi connectivity index (χ0) is 13.0. The molecule has 0 aromatic carbocycles. The smallest absolute Gasteiger partial charge is 0.220 e. The lowest BCUT2D eigenvalue weighted by molar-refractivity contribution is 0.125. The first-order valence-corrected chi connectivity index (χ1v) is 6.56. The summed E-state index contributed by atoms with van der Waals surface area (Å²) in [5.74, 6) is 1.09. The summed E-state index contributed by atoms with van der Waals surface area (Å²) in [6.45, 7) is 3.92. The quantitative estimate of drug-likeness (QED) is 0.885. The van der Waals surface area contributed by atoms with E-state index in [-0.39, 0.29) is 18.2 Å². The lowest BCUT2D eigenvalue weighted by atomic mass is 9.93. The van der Waals surface area contributed by atoms with Gasteiger partial charge in [-0.15, -0.1) is 0 Å². The molecule has 1 aliphatic carbocycles. The Morgan fingerprint density at radius 2 is 1.94 bits per heavy atom. The van der Waals surface area contributed by atoms with Crippen molar-refractivity contribution >= 4 is 0 Å². The molecule has 2 N–H and O–H groups in total. The third-order valence-corrected chi connectivity index (χ3v) is 3.00. The summed E-state index contributed by atoms with van der Waals surface area (Å²) >= 11 is 0. The average molecular weight is 251 g/mol. The molecule has 5 heteroatoms. The highest BCUT2D eigenvalue weighted by Crippen LogP contribution is 2.23. The molecule has 0 spiro atoms. The summed E-state index contributed by atoms with van der Waals surface area (Å²) in [5, 5.41) is 0. The first kappa shape index (κ1) is 13.1. The van der Waals surface area contributed by atoms with Crippen LogP contribution in [-0.2, 0) is 0 Å².